The summed E-state index contributed by atoms with van der Waals surface area (Å²) in [6.07, 6.45) is 12.7. The Morgan fingerprint density at radius 1 is 0.971 bits per heavy atom. The number of carbonyl (C=O) groups excluding carboxylic acids is 1. The first-order chi connectivity index (χ1) is 15.7. The zero-order valence-electron chi connectivity index (χ0n) is 21.8. The number of carbonyl (C=O) groups is 2. The first kappa shape index (κ1) is 23.8. The van der Waals surface area contributed by atoms with Gasteiger partial charge in [-0.05, 0) is 79.6 Å². The summed E-state index contributed by atoms with van der Waals surface area (Å²) >= 11 is 0. The van der Waals surface area contributed by atoms with Gasteiger partial charge >= 0.3 is 11.9 Å². The van der Waals surface area contributed by atoms with E-state index in [1.807, 2.05) is 13.8 Å². The van der Waals surface area contributed by atoms with Crippen molar-refractivity contribution < 1.29 is 24.2 Å². The molecule has 3 saturated carbocycles. The number of hydrogen-bond acceptors (Lipinski definition) is 4. The van der Waals surface area contributed by atoms with Crippen LogP contribution in [0.4, 0.5) is 0 Å². The molecule has 5 nitrogen and oxygen atoms in total. The molecule has 5 heteroatoms. The second-order valence-corrected chi connectivity index (χ2v) is 13.1. The first-order valence-electron chi connectivity index (χ1n) is 12.9. The molecule has 4 aliphatic carbocycles. The monoisotopic (exact) mass is 468 g/mol. The number of aliphatic carboxylic acids is 1. The van der Waals surface area contributed by atoms with Crippen LogP contribution in [0.5, 0.6) is 0 Å². The highest BCUT2D eigenvalue weighted by atomic mass is 16.7. The standard InChI is InChI=1S/C29H40O5/c1-24-10-11-25(2,23(31)32)17-21(24)28(5)15-13-26(3)19-16-22(30)34-29(6,33-7)18(19)8-9-20(26)27(28,4)14-12-24/h8-9,16,21H,10-15,17H2,1-7H3,(H,31,32)/t21-,24+,25+,26-,27+,28-,29+/m0/s1. The van der Waals surface area contributed by atoms with Crippen LogP contribution >= 0.6 is 0 Å². The second-order valence-electron chi connectivity index (χ2n) is 13.1. The van der Waals surface area contributed by atoms with Gasteiger partial charge in [-0.2, -0.15) is 0 Å². The van der Waals surface area contributed by atoms with Crippen LogP contribution in [0.2, 0.25) is 0 Å². The highest BCUT2D eigenvalue weighted by molar-refractivity contribution is 5.87. The van der Waals surface area contributed by atoms with Crippen LogP contribution in [0, 0.1) is 33.0 Å². The van der Waals surface area contributed by atoms with Gasteiger partial charge in [-0.3, -0.25) is 4.79 Å². The molecule has 0 aromatic rings. The minimum Gasteiger partial charge on any atom is -0.481 e. The number of allylic oxidation sites excluding steroid dienone is 3. The number of carboxylic acids is 1. The van der Waals surface area contributed by atoms with Crippen molar-refractivity contribution in [3.8, 4) is 0 Å². The number of carboxylic acid groups (broad SMARTS) is 1. The molecule has 3 fully saturated rings. The van der Waals surface area contributed by atoms with Crippen molar-refractivity contribution in [1.82, 2.24) is 0 Å². The Labute approximate surface area is 203 Å². The fraction of sp³-hybridized carbons (Fsp3) is 0.724. The molecule has 1 N–H and O–H groups in total. The maximum atomic E-state index is 12.6. The largest absolute Gasteiger partial charge is 0.481 e. The lowest BCUT2D eigenvalue weighted by atomic mass is 9.34. The number of hydrogen-bond donors (Lipinski definition) is 1. The smallest absolute Gasteiger partial charge is 0.333 e. The van der Waals surface area contributed by atoms with E-state index in [1.165, 1.54) is 5.57 Å². The molecule has 0 saturated heterocycles. The molecule has 5 rings (SSSR count). The molecular formula is C29H40O5. The van der Waals surface area contributed by atoms with Crippen molar-refractivity contribution in [2.45, 2.75) is 92.3 Å². The molecule has 7 atom stereocenters. The lowest BCUT2D eigenvalue weighted by molar-refractivity contribution is -0.196. The summed E-state index contributed by atoms with van der Waals surface area (Å²) in [7, 11) is 1.59. The molecule has 1 aliphatic heterocycles. The van der Waals surface area contributed by atoms with Crippen LogP contribution in [-0.2, 0) is 19.1 Å². The highest BCUT2D eigenvalue weighted by Gasteiger charge is 2.67. The van der Waals surface area contributed by atoms with Crippen molar-refractivity contribution in [3.63, 3.8) is 0 Å². The van der Waals surface area contributed by atoms with Crippen molar-refractivity contribution in [3.05, 3.63) is 34.9 Å². The van der Waals surface area contributed by atoms with E-state index in [-0.39, 0.29) is 27.6 Å². The van der Waals surface area contributed by atoms with E-state index < -0.39 is 17.2 Å². The van der Waals surface area contributed by atoms with Crippen molar-refractivity contribution >= 4 is 11.9 Å². The van der Waals surface area contributed by atoms with Crippen molar-refractivity contribution in [2.75, 3.05) is 7.11 Å². The van der Waals surface area contributed by atoms with E-state index in [1.54, 1.807) is 13.2 Å². The topological polar surface area (TPSA) is 72.8 Å². The van der Waals surface area contributed by atoms with Crippen molar-refractivity contribution in [1.29, 1.82) is 0 Å². The third-order valence-corrected chi connectivity index (χ3v) is 11.6. The molecule has 5 aliphatic rings. The summed E-state index contributed by atoms with van der Waals surface area (Å²) < 4.78 is 11.3. The lowest BCUT2D eigenvalue weighted by Crippen LogP contribution is -2.62. The van der Waals surface area contributed by atoms with Gasteiger partial charge in [0.05, 0.1) is 5.41 Å². The molecule has 0 aromatic carbocycles. The maximum Gasteiger partial charge on any atom is 0.333 e. The highest BCUT2D eigenvalue weighted by Crippen LogP contribution is 2.75. The predicted molar refractivity (Wildman–Crippen MR) is 130 cm³/mol. The zero-order chi connectivity index (χ0) is 24.9. The van der Waals surface area contributed by atoms with E-state index >= 15 is 0 Å². The minimum absolute atomic E-state index is 0.00584. The van der Waals surface area contributed by atoms with Crippen LogP contribution in [0.25, 0.3) is 0 Å². The Kier molecular flexibility index (Phi) is 4.82. The van der Waals surface area contributed by atoms with Gasteiger partial charge in [-0.25, -0.2) is 4.79 Å². The van der Waals surface area contributed by atoms with Gasteiger partial charge in [0, 0.05) is 31.1 Å². The summed E-state index contributed by atoms with van der Waals surface area (Å²) in [6, 6.07) is 0. The van der Waals surface area contributed by atoms with Crippen LogP contribution in [0.3, 0.4) is 0 Å². The zero-order valence-corrected chi connectivity index (χ0v) is 21.8. The molecule has 186 valence electrons. The SMILES string of the molecule is CO[C@]1(C)OC(=O)C=C2C1=CC=C1[C@@]2(C)CC[C@@]2(C)[C@H]3C[C@](C)(C(=O)O)CC[C@]3(C)CC[C@]12C. The fourth-order valence-corrected chi connectivity index (χ4v) is 8.75. The van der Waals surface area contributed by atoms with Crippen LogP contribution in [-0.4, -0.2) is 29.9 Å². The van der Waals surface area contributed by atoms with Gasteiger partial charge in [0.2, 0.25) is 5.79 Å². The number of rotatable bonds is 2. The normalized spacial score (nSPS) is 49.8. The second kappa shape index (κ2) is 6.87. The lowest BCUT2D eigenvalue weighted by Gasteiger charge is -2.70. The molecule has 1 heterocycles. The number of esters is 1. The fourth-order valence-electron chi connectivity index (χ4n) is 8.75. The summed E-state index contributed by atoms with van der Waals surface area (Å²) in [4.78, 5) is 24.9. The number of ether oxygens (including phenoxy) is 2. The van der Waals surface area contributed by atoms with Gasteiger partial charge in [0.25, 0.3) is 0 Å². The summed E-state index contributed by atoms with van der Waals surface area (Å²) in [5, 5.41) is 10.1. The van der Waals surface area contributed by atoms with Crippen LogP contribution < -0.4 is 0 Å². The Balaban J connectivity index is 1.64. The van der Waals surface area contributed by atoms with Crippen LogP contribution in [0.15, 0.2) is 34.9 Å². The van der Waals surface area contributed by atoms with E-state index in [0.29, 0.717) is 5.92 Å². The molecule has 34 heavy (non-hydrogen) atoms. The molecule has 0 aromatic heterocycles. The van der Waals surface area contributed by atoms with E-state index in [0.717, 1.165) is 56.1 Å². The Morgan fingerprint density at radius 3 is 2.29 bits per heavy atom. The Hall–Kier alpha value is -1.88. The Bertz CT molecular complexity index is 1070. The first-order valence-corrected chi connectivity index (χ1v) is 12.9. The average Bonchev–Trinajstić information content (AvgIpc) is 2.77. The predicted octanol–water partition coefficient (Wildman–Crippen LogP) is 6.20. The minimum atomic E-state index is -1.08. The van der Waals surface area contributed by atoms with Crippen molar-refractivity contribution in [2.24, 2.45) is 33.0 Å². The summed E-state index contributed by atoms with van der Waals surface area (Å²) in [6.45, 7) is 13.3. The third-order valence-electron chi connectivity index (χ3n) is 11.6. The van der Waals surface area contributed by atoms with Gasteiger partial charge < -0.3 is 14.6 Å². The van der Waals surface area contributed by atoms with Gasteiger partial charge in [-0.15, -0.1) is 0 Å². The van der Waals surface area contributed by atoms with Gasteiger partial charge in [-0.1, -0.05) is 45.4 Å². The molecular weight excluding hydrogens is 428 g/mol. The molecule has 0 radical (unpaired) electrons. The Morgan fingerprint density at radius 2 is 1.65 bits per heavy atom. The molecule has 0 bridgehead atoms. The van der Waals surface area contributed by atoms with E-state index in [9.17, 15) is 14.7 Å². The number of fused-ring (bicyclic) bond motifs is 7. The molecule has 0 spiro atoms. The molecule has 0 unspecified atom stereocenters. The average molecular weight is 469 g/mol. The van der Waals surface area contributed by atoms with Gasteiger partial charge in [0.15, 0.2) is 0 Å². The van der Waals surface area contributed by atoms with E-state index in [4.69, 9.17) is 9.47 Å². The number of methoxy groups -OCH3 is 1. The summed E-state index contributed by atoms with van der Waals surface area (Å²) in [5.74, 6) is -1.73. The van der Waals surface area contributed by atoms with Crippen LogP contribution in [0.1, 0.15) is 86.5 Å². The maximum absolute atomic E-state index is 12.6. The quantitative estimate of drug-likeness (QED) is 0.488. The molecule has 0 amide bonds. The van der Waals surface area contributed by atoms with E-state index in [2.05, 4.69) is 39.8 Å². The number of cyclic esters (lactones) is 1. The summed E-state index contributed by atoms with van der Waals surface area (Å²) in [5.41, 5.74) is 2.53. The van der Waals surface area contributed by atoms with Gasteiger partial charge in [0.1, 0.15) is 0 Å². The third kappa shape index (κ3) is 2.76.